The van der Waals surface area contributed by atoms with E-state index < -0.39 is 5.97 Å². The molecule has 2 heterocycles. The minimum atomic E-state index is -0.671. The van der Waals surface area contributed by atoms with Crippen LogP contribution in [0.3, 0.4) is 0 Å². The Bertz CT molecular complexity index is 883. The molecule has 1 N–H and O–H groups in total. The summed E-state index contributed by atoms with van der Waals surface area (Å²) >= 11 is 1.79. The lowest BCUT2D eigenvalue weighted by Crippen LogP contribution is -2.26. The molecule has 0 saturated heterocycles. The van der Waals surface area contributed by atoms with Crippen molar-refractivity contribution in [2.24, 2.45) is 5.92 Å². The molecule has 1 aliphatic carbocycles. The third-order valence-electron chi connectivity index (χ3n) is 6.77. The molecule has 1 fully saturated rings. The van der Waals surface area contributed by atoms with Crippen molar-refractivity contribution in [1.82, 2.24) is 9.88 Å². The summed E-state index contributed by atoms with van der Waals surface area (Å²) in [6.07, 6.45) is 9.87. The number of carboxylic acid groups (broad SMARTS) is 1. The lowest BCUT2D eigenvalue weighted by Gasteiger charge is -2.26. The van der Waals surface area contributed by atoms with Crippen LogP contribution in [-0.2, 0) is 17.6 Å². The van der Waals surface area contributed by atoms with Crippen LogP contribution in [0.5, 0.6) is 0 Å². The number of aliphatic carboxylic acids is 1. The van der Waals surface area contributed by atoms with E-state index in [2.05, 4.69) is 35.1 Å². The van der Waals surface area contributed by atoms with Crippen LogP contribution in [-0.4, -0.2) is 40.6 Å². The Kier molecular flexibility index (Phi) is 7.00. The standard InChI is InChI=1S/C25H32N2O2S/c1-2-13-27-14-11-19-8-9-22(16-21(19)12-15-27)23-17-30-25(26-23)20-6-3-18(4-7-20)5-10-24(28)29/h2,8-9,16-18,20H,1,3-7,10-15H2,(H,28,29)/t18-,20-. The molecule has 0 atom stereocenters. The van der Waals surface area contributed by atoms with Gasteiger partial charge in [0.2, 0.25) is 0 Å². The molecule has 0 unspecified atom stereocenters. The number of hydrogen-bond donors (Lipinski definition) is 1. The molecule has 4 rings (SSSR count). The fraction of sp³-hybridized carbons (Fsp3) is 0.520. The predicted octanol–water partition coefficient (Wildman–Crippen LogP) is 5.54. The summed E-state index contributed by atoms with van der Waals surface area (Å²) in [5.41, 5.74) is 5.29. The van der Waals surface area contributed by atoms with Crippen molar-refractivity contribution >= 4 is 17.3 Å². The zero-order valence-corrected chi connectivity index (χ0v) is 18.5. The SMILES string of the molecule is C=CCN1CCc2ccc(-c3csc([C@H]4CC[C@H](CCC(=O)O)CC4)n3)cc2CC1. The summed E-state index contributed by atoms with van der Waals surface area (Å²) in [5.74, 6) is 0.441. The summed E-state index contributed by atoms with van der Waals surface area (Å²) in [6.45, 7) is 7.04. The molecule has 0 spiro atoms. The zero-order chi connectivity index (χ0) is 20.9. The van der Waals surface area contributed by atoms with Gasteiger partial charge < -0.3 is 5.11 Å². The highest BCUT2D eigenvalue weighted by Crippen LogP contribution is 2.39. The highest BCUT2D eigenvalue weighted by atomic mass is 32.1. The molecule has 2 aliphatic rings. The van der Waals surface area contributed by atoms with Crippen LogP contribution < -0.4 is 0 Å². The normalized spacial score (nSPS) is 22.3. The van der Waals surface area contributed by atoms with E-state index in [1.165, 1.54) is 21.7 Å². The van der Waals surface area contributed by atoms with E-state index in [-0.39, 0.29) is 0 Å². The van der Waals surface area contributed by atoms with Crippen LogP contribution in [0.15, 0.2) is 36.2 Å². The van der Waals surface area contributed by atoms with Crippen molar-refractivity contribution in [3.05, 3.63) is 52.4 Å². The van der Waals surface area contributed by atoms with E-state index >= 15 is 0 Å². The molecular formula is C25H32N2O2S. The Morgan fingerprint density at radius 2 is 1.97 bits per heavy atom. The Hall–Kier alpha value is -1.98. The number of aromatic nitrogens is 1. The Morgan fingerprint density at radius 3 is 2.70 bits per heavy atom. The second-order valence-electron chi connectivity index (χ2n) is 8.79. The van der Waals surface area contributed by atoms with Gasteiger partial charge in [-0.25, -0.2) is 4.98 Å². The average Bonchev–Trinajstić information content (AvgIpc) is 3.16. The molecule has 1 aromatic carbocycles. The van der Waals surface area contributed by atoms with Crippen LogP contribution in [0.4, 0.5) is 0 Å². The van der Waals surface area contributed by atoms with E-state index in [0.29, 0.717) is 18.3 Å². The summed E-state index contributed by atoms with van der Waals surface area (Å²) in [7, 11) is 0. The van der Waals surface area contributed by atoms with E-state index in [1.807, 2.05) is 6.08 Å². The monoisotopic (exact) mass is 424 g/mol. The first-order chi connectivity index (χ1) is 14.6. The van der Waals surface area contributed by atoms with Crippen LogP contribution in [0.1, 0.15) is 60.6 Å². The quantitative estimate of drug-likeness (QED) is 0.593. The summed E-state index contributed by atoms with van der Waals surface area (Å²) in [4.78, 5) is 18.3. The van der Waals surface area contributed by atoms with Gasteiger partial charge in [-0.1, -0.05) is 18.2 Å². The molecule has 5 heteroatoms. The maximum atomic E-state index is 10.8. The molecule has 1 saturated carbocycles. The van der Waals surface area contributed by atoms with Gasteiger partial charge in [0.15, 0.2) is 0 Å². The number of hydrogen-bond acceptors (Lipinski definition) is 4. The maximum absolute atomic E-state index is 10.8. The van der Waals surface area contributed by atoms with E-state index in [1.54, 1.807) is 11.3 Å². The summed E-state index contributed by atoms with van der Waals surface area (Å²) in [5, 5.41) is 12.4. The minimum absolute atomic E-state index is 0.306. The number of carboxylic acids is 1. The molecular weight excluding hydrogens is 392 g/mol. The molecule has 0 amide bonds. The van der Waals surface area contributed by atoms with Crippen molar-refractivity contribution in [3.8, 4) is 11.3 Å². The number of nitrogens with zero attached hydrogens (tertiary/aromatic N) is 2. The van der Waals surface area contributed by atoms with Gasteiger partial charge in [-0.3, -0.25) is 9.69 Å². The van der Waals surface area contributed by atoms with Gasteiger partial charge in [-0.15, -0.1) is 17.9 Å². The van der Waals surface area contributed by atoms with Crippen LogP contribution in [0.2, 0.25) is 0 Å². The number of rotatable bonds is 7. The summed E-state index contributed by atoms with van der Waals surface area (Å²) < 4.78 is 0. The first kappa shape index (κ1) is 21.3. The van der Waals surface area contributed by atoms with Gasteiger partial charge in [0, 0.05) is 42.9 Å². The maximum Gasteiger partial charge on any atom is 0.303 e. The van der Waals surface area contributed by atoms with E-state index in [4.69, 9.17) is 10.1 Å². The van der Waals surface area contributed by atoms with Crippen molar-refractivity contribution in [1.29, 1.82) is 0 Å². The number of fused-ring (bicyclic) bond motifs is 1. The summed E-state index contributed by atoms with van der Waals surface area (Å²) in [6, 6.07) is 6.90. The van der Waals surface area contributed by atoms with Gasteiger partial charge >= 0.3 is 5.97 Å². The fourth-order valence-corrected chi connectivity index (χ4v) is 5.93. The molecule has 4 nitrogen and oxygen atoms in total. The van der Waals surface area contributed by atoms with Gasteiger partial charge in [-0.05, 0) is 68.1 Å². The molecule has 30 heavy (non-hydrogen) atoms. The van der Waals surface area contributed by atoms with Crippen LogP contribution in [0.25, 0.3) is 11.3 Å². The smallest absolute Gasteiger partial charge is 0.303 e. The van der Waals surface area contributed by atoms with Crippen molar-refractivity contribution < 1.29 is 9.90 Å². The minimum Gasteiger partial charge on any atom is -0.481 e. The number of carbonyl (C=O) groups is 1. The average molecular weight is 425 g/mol. The van der Waals surface area contributed by atoms with Gasteiger partial charge in [-0.2, -0.15) is 0 Å². The Labute approximate surface area is 183 Å². The molecule has 1 aliphatic heterocycles. The van der Waals surface area contributed by atoms with Crippen LogP contribution in [0, 0.1) is 5.92 Å². The molecule has 160 valence electrons. The van der Waals surface area contributed by atoms with Crippen LogP contribution >= 0.6 is 11.3 Å². The van der Waals surface area contributed by atoms with E-state index in [0.717, 1.165) is 70.3 Å². The first-order valence-corrected chi connectivity index (χ1v) is 12.1. The third kappa shape index (κ3) is 5.19. The third-order valence-corrected chi connectivity index (χ3v) is 7.78. The Balaban J connectivity index is 1.39. The first-order valence-electron chi connectivity index (χ1n) is 11.2. The lowest BCUT2D eigenvalue weighted by atomic mass is 9.80. The van der Waals surface area contributed by atoms with Crippen molar-refractivity contribution in [3.63, 3.8) is 0 Å². The fourth-order valence-electron chi connectivity index (χ4n) is 4.93. The highest BCUT2D eigenvalue weighted by Gasteiger charge is 2.25. The van der Waals surface area contributed by atoms with Gasteiger partial charge in [0.25, 0.3) is 0 Å². The second-order valence-corrected chi connectivity index (χ2v) is 9.68. The largest absolute Gasteiger partial charge is 0.481 e. The number of thiazole rings is 1. The van der Waals surface area contributed by atoms with Gasteiger partial charge in [0.1, 0.15) is 0 Å². The predicted molar refractivity (Wildman–Crippen MR) is 123 cm³/mol. The zero-order valence-electron chi connectivity index (χ0n) is 17.7. The van der Waals surface area contributed by atoms with Gasteiger partial charge in [0.05, 0.1) is 10.7 Å². The topological polar surface area (TPSA) is 53.4 Å². The Morgan fingerprint density at radius 1 is 1.20 bits per heavy atom. The molecule has 0 radical (unpaired) electrons. The van der Waals surface area contributed by atoms with E-state index in [9.17, 15) is 4.79 Å². The highest BCUT2D eigenvalue weighted by molar-refractivity contribution is 7.10. The second kappa shape index (κ2) is 9.88. The van der Waals surface area contributed by atoms with Crippen molar-refractivity contribution in [2.45, 2.75) is 57.3 Å². The lowest BCUT2D eigenvalue weighted by molar-refractivity contribution is -0.137. The molecule has 2 aromatic rings. The van der Waals surface area contributed by atoms with Crippen molar-refractivity contribution in [2.75, 3.05) is 19.6 Å². The molecule has 1 aromatic heterocycles. The molecule has 0 bridgehead atoms. The number of benzene rings is 1.